The van der Waals surface area contributed by atoms with Crippen molar-refractivity contribution in [2.24, 2.45) is 5.92 Å². The van der Waals surface area contributed by atoms with E-state index in [1.54, 1.807) is 4.31 Å². The standard InChI is InChI=1S/C17H24N2O2S/c1-22(20,21)19-13-17(11-15-5-2-3-6-16(15)19)9-4-10-18(17)12-14-7-8-14/h2-3,5-6,14H,4,7-13H2,1H3. The molecule has 2 fully saturated rings. The Bertz CT molecular complexity index is 625. The Morgan fingerprint density at radius 1 is 1.36 bits per heavy atom. The maximum absolute atomic E-state index is 12.3. The number of benzene rings is 1. The van der Waals surface area contributed by atoms with Gasteiger partial charge in [-0.15, -0.1) is 0 Å². The van der Waals surface area contributed by atoms with Crippen molar-refractivity contribution >= 4 is 16.1 Å². The molecule has 3 aliphatic rings. The van der Waals surface area contributed by atoms with Crippen LogP contribution in [0.5, 0.6) is 0 Å². The van der Waals surface area contributed by atoms with Crippen molar-refractivity contribution in [3.63, 3.8) is 0 Å². The van der Waals surface area contributed by atoms with E-state index in [0.717, 1.165) is 37.5 Å². The molecule has 1 saturated carbocycles. The van der Waals surface area contributed by atoms with E-state index in [4.69, 9.17) is 0 Å². The van der Waals surface area contributed by atoms with Crippen molar-refractivity contribution in [1.82, 2.24) is 4.90 Å². The number of likely N-dealkylation sites (tertiary alicyclic amines) is 1. The number of fused-ring (bicyclic) bond motifs is 1. The van der Waals surface area contributed by atoms with Gasteiger partial charge < -0.3 is 4.55 Å². The normalized spacial score (nSPS) is 31.3. The molecule has 120 valence electrons. The molecule has 0 aromatic heterocycles. The third kappa shape index (κ3) is 2.49. The van der Waals surface area contributed by atoms with Crippen LogP contribution >= 0.6 is 0 Å². The Morgan fingerprint density at radius 3 is 2.86 bits per heavy atom. The summed E-state index contributed by atoms with van der Waals surface area (Å²) in [5.41, 5.74) is 2.08. The highest BCUT2D eigenvalue weighted by molar-refractivity contribution is 7.98. The van der Waals surface area contributed by atoms with Gasteiger partial charge in [-0.1, -0.05) is 22.4 Å². The highest BCUT2D eigenvalue weighted by atomic mass is 32.3. The van der Waals surface area contributed by atoms with E-state index in [-0.39, 0.29) is 5.54 Å². The Kier molecular flexibility index (Phi) is 3.36. The van der Waals surface area contributed by atoms with Gasteiger partial charge in [0.15, 0.2) is 0 Å². The maximum Gasteiger partial charge on any atom is 0.145 e. The van der Waals surface area contributed by atoms with E-state index in [0.29, 0.717) is 6.54 Å². The van der Waals surface area contributed by atoms with Gasteiger partial charge >= 0.3 is 0 Å². The van der Waals surface area contributed by atoms with E-state index in [2.05, 4.69) is 11.0 Å². The van der Waals surface area contributed by atoms with Crippen molar-refractivity contribution in [2.75, 3.05) is 30.2 Å². The lowest BCUT2D eigenvalue weighted by molar-refractivity contribution is 0.134. The molecule has 1 saturated heterocycles. The molecule has 4 rings (SSSR count). The minimum absolute atomic E-state index is 0.0139. The van der Waals surface area contributed by atoms with E-state index >= 15 is 0 Å². The molecular formula is C17H24N2O2S. The van der Waals surface area contributed by atoms with Crippen LogP contribution in [0.15, 0.2) is 24.3 Å². The van der Waals surface area contributed by atoms with Crippen molar-refractivity contribution in [3.8, 4) is 0 Å². The minimum Gasteiger partial charge on any atom is -0.593 e. The molecule has 2 heterocycles. The molecule has 22 heavy (non-hydrogen) atoms. The number of hydrogen-bond acceptors (Lipinski definition) is 3. The summed E-state index contributed by atoms with van der Waals surface area (Å²) in [5.74, 6) is 0.846. The molecule has 1 aromatic carbocycles. The zero-order chi connectivity index (χ0) is 15.4. The zero-order valence-electron chi connectivity index (χ0n) is 13.2. The molecular weight excluding hydrogens is 296 g/mol. The van der Waals surface area contributed by atoms with Crippen LogP contribution in [0.1, 0.15) is 31.2 Å². The molecule has 0 radical (unpaired) electrons. The summed E-state index contributed by atoms with van der Waals surface area (Å²) in [6, 6.07) is 8.01. The molecule has 1 aliphatic carbocycles. The van der Waals surface area contributed by atoms with E-state index in [9.17, 15) is 8.76 Å². The van der Waals surface area contributed by atoms with Crippen molar-refractivity contribution in [1.29, 1.82) is 0 Å². The largest absolute Gasteiger partial charge is 0.593 e. The number of sulfonamides is 1. The molecule has 4 nitrogen and oxygen atoms in total. The first-order chi connectivity index (χ1) is 10.5. The summed E-state index contributed by atoms with van der Waals surface area (Å²) < 4.78 is 26.3. The molecule has 5 heteroatoms. The fourth-order valence-electron chi connectivity index (χ4n) is 4.23. The van der Waals surface area contributed by atoms with E-state index in [1.165, 1.54) is 31.1 Å². The molecule has 0 bridgehead atoms. The second-order valence-electron chi connectivity index (χ2n) is 7.29. The zero-order valence-corrected chi connectivity index (χ0v) is 14.0. The van der Waals surface area contributed by atoms with Crippen LogP contribution in [0, 0.1) is 5.92 Å². The Hall–Kier alpha value is -0.910. The first-order valence-electron chi connectivity index (χ1n) is 8.29. The van der Waals surface area contributed by atoms with Gasteiger partial charge in [0, 0.05) is 12.1 Å². The van der Waals surface area contributed by atoms with Crippen LogP contribution in [0.2, 0.25) is 0 Å². The van der Waals surface area contributed by atoms with Gasteiger partial charge in [-0.05, 0) is 56.2 Å². The van der Waals surface area contributed by atoms with Gasteiger partial charge in [-0.3, -0.25) is 4.90 Å². The van der Waals surface area contributed by atoms with E-state index in [1.807, 2.05) is 18.2 Å². The summed E-state index contributed by atoms with van der Waals surface area (Å²) in [6.45, 7) is 2.89. The minimum atomic E-state index is -3.23. The van der Waals surface area contributed by atoms with Crippen molar-refractivity contribution in [3.05, 3.63) is 29.8 Å². The van der Waals surface area contributed by atoms with Gasteiger partial charge in [-0.2, -0.15) is 4.31 Å². The smallest absolute Gasteiger partial charge is 0.145 e. The Balaban J connectivity index is 1.72. The van der Waals surface area contributed by atoms with Crippen LogP contribution < -0.4 is 4.31 Å². The Morgan fingerprint density at radius 2 is 2.14 bits per heavy atom. The lowest BCUT2D eigenvalue weighted by Crippen LogP contribution is -2.59. The maximum atomic E-state index is 12.3. The van der Waals surface area contributed by atoms with Crippen LogP contribution in [0.4, 0.5) is 5.69 Å². The van der Waals surface area contributed by atoms with Crippen LogP contribution in [-0.4, -0.2) is 40.9 Å². The van der Waals surface area contributed by atoms with E-state index < -0.39 is 10.4 Å². The van der Waals surface area contributed by atoms with Gasteiger partial charge in [0.05, 0.1) is 12.2 Å². The highest BCUT2D eigenvalue weighted by Crippen LogP contribution is 2.44. The Labute approximate surface area is 133 Å². The SMILES string of the molecule is C[S+](=O)([O-])N1CC2(CCCN2CC2CC2)Cc2ccccc21. The highest BCUT2D eigenvalue weighted by Gasteiger charge is 2.49. The van der Waals surface area contributed by atoms with Crippen LogP contribution in [0.25, 0.3) is 0 Å². The van der Waals surface area contributed by atoms with Crippen LogP contribution in [-0.2, 0) is 21.0 Å². The molecule has 2 atom stereocenters. The second-order valence-corrected chi connectivity index (χ2v) is 9.20. The van der Waals surface area contributed by atoms with Gasteiger partial charge in [-0.25, -0.2) is 0 Å². The van der Waals surface area contributed by atoms with Crippen LogP contribution in [0.3, 0.4) is 0 Å². The molecule has 0 amide bonds. The lowest BCUT2D eigenvalue weighted by Gasteiger charge is -2.46. The molecule has 0 N–H and O–H groups in total. The molecule has 2 unspecified atom stereocenters. The quantitative estimate of drug-likeness (QED) is 0.804. The average molecular weight is 320 g/mol. The van der Waals surface area contributed by atoms with Crippen molar-refractivity contribution < 1.29 is 8.76 Å². The third-order valence-corrected chi connectivity index (χ3v) is 6.66. The van der Waals surface area contributed by atoms with Gasteiger partial charge in [0.1, 0.15) is 16.7 Å². The summed E-state index contributed by atoms with van der Waals surface area (Å²) >= 11 is 0. The number of para-hydroxylation sites is 1. The monoisotopic (exact) mass is 320 g/mol. The average Bonchev–Trinajstić information content (AvgIpc) is 3.21. The topological polar surface area (TPSA) is 46.6 Å². The first-order valence-corrected chi connectivity index (χ1v) is 10.1. The molecule has 2 aliphatic heterocycles. The van der Waals surface area contributed by atoms with Crippen molar-refractivity contribution in [2.45, 2.75) is 37.6 Å². The predicted molar refractivity (Wildman–Crippen MR) is 88.5 cm³/mol. The molecule has 1 spiro atoms. The predicted octanol–water partition coefficient (Wildman–Crippen LogP) is 2.47. The summed E-state index contributed by atoms with van der Waals surface area (Å²) in [6.07, 6.45) is 7.31. The number of anilines is 1. The fourth-order valence-corrected chi connectivity index (χ4v) is 5.24. The first kappa shape index (κ1) is 14.7. The summed E-state index contributed by atoms with van der Waals surface area (Å²) in [7, 11) is -3.23. The second kappa shape index (κ2) is 5.05. The summed E-state index contributed by atoms with van der Waals surface area (Å²) in [4.78, 5) is 2.60. The lowest BCUT2D eigenvalue weighted by atomic mass is 9.84. The number of nitrogens with zero attached hydrogens (tertiary/aromatic N) is 2. The van der Waals surface area contributed by atoms with Gasteiger partial charge in [0.2, 0.25) is 0 Å². The number of rotatable bonds is 3. The third-order valence-electron chi connectivity index (χ3n) is 5.53. The summed E-state index contributed by atoms with van der Waals surface area (Å²) in [5, 5.41) is 0. The number of hydrogen-bond donors (Lipinski definition) is 0. The van der Waals surface area contributed by atoms with Gasteiger partial charge in [0.25, 0.3) is 0 Å². The fraction of sp³-hybridized carbons (Fsp3) is 0.647. The molecule has 1 aromatic rings.